The van der Waals surface area contributed by atoms with Gasteiger partial charge in [0, 0.05) is 19.1 Å². The Morgan fingerprint density at radius 2 is 2.15 bits per heavy atom. The fourth-order valence-corrected chi connectivity index (χ4v) is 4.00. The second-order valence-electron chi connectivity index (χ2n) is 4.88. The molecule has 110 valence electrons. The van der Waals surface area contributed by atoms with Gasteiger partial charge in [-0.2, -0.15) is 4.31 Å². The summed E-state index contributed by atoms with van der Waals surface area (Å²) in [6.45, 7) is 2.42. The molecule has 0 amide bonds. The molecule has 2 N–H and O–H groups in total. The van der Waals surface area contributed by atoms with Crippen LogP contribution in [0.1, 0.15) is 22.3 Å². The first kappa shape index (κ1) is 15.0. The highest BCUT2D eigenvalue weighted by atomic mass is 32.2. The highest BCUT2D eigenvalue weighted by Crippen LogP contribution is 2.24. The Hall–Kier alpha value is -1.44. The van der Waals surface area contributed by atoms with Crippen molar-refractivity contribution in [2.24, 2.45) is 5.73 Å². The Balaban J connectivity index is 2.43. The zero-order chi connectivity index (χ0) is 14.9. The molecule has 1 fully saturated rings. The number of sulfonamides is 1. The lowest BCUT2D eigenvalue weighted by Gasteiger charge is -2.18. The number of hydrogen-bond acceptors (Lipinski definition) is 5. The average molecular weight is 298 g/mol. The fraction of sp³-hybridized carbons (Fsp3) is 0.462. The van der Waals surface area contributed by atoms with Crippen LogP contribution in [0.4, 0.5) is 0 Å². The van der Waals surface area contributed by atoms with Gasteiger partial charge in [-0.15, -0.1) is 0 Å². The van der Waals surface area contributed by atoms with Gasteiger partial charge in [-0.25, -0.2) is 13.2 Å². The lowest BCUT2D eigenvalue weighted by molar-refractivity contribution is 0.0600. The van der Waals surface area contributed by atoms with Crippen LogP contribution in [0.25, 0.3) is 0 Å². The number of aryl methyl sites for hydroxylation is 1. The van der Waals surface area contributed by atoms with Gasteiger partial charge in [-0.05, 0) is 31.0 Å². The van der Waals surface area contributed by atoms with E-state index in [-0.39, 0.29) is 16.5 Å². The van der Waals surface area contributed by atoms with E-state index in [0.717, 1.165) is 0 Å². The molecule has 0 bridgehead atoms. The zero-order valence-electron chi connectivity index (χ0n) is 11.5. The van der Waals surface area contributed by atoms with Crippen molar-refractivity contribution in [2.75, 3.05) is 20.2 Å². The SMILES string of the molecule is COC(=O)c1ccc(C)c(S(=O)(=O)N2CCC(N)C2)c1. The summed E-state index contributed by atoms with van der Waals surface area (Å²) >= 11 is 0. The van der Waals surface area contributed by atoms with E-state index in [1.165, 1.54) is 17.5 Å². The number of nitrogens with zero attached hydrogens (tertiary/aromatic N) is 1. The summed E-state index contributed by atoms with van der Waals surface area (Å²) in [6, 6.07) is 4.39. The maximum absolute atomic E-state index is 12.6. The van der Waals surface area contributed by atoms with Crippen LogP contribution in [0.5, 0.6) is 0 Å². The number of esters is 1. The summed E-state index contributed by atoms with van der Waals surface area (Å²) < 4.78 is 31.1. The highest BCUT2D eigenvalue weighted by molar-refractivity contribution is 7.89. The predicted octanol–water partition coefficient (Wildman–Crippen LogP) is 0.503. The van der Waals surface area contributed by atoms with Crippen molar-refractivity contribution < 1.29 is 17.9 Å². The van der Waals surface area contributed by atoms with Crippen LogP contribution in [0, 0.1) is 6.92 Å². The Labute approximate surface area is 118 Å². The first-order chi connectivity index (χ1) is 9.36. The van der Waals surface area contributed by atoms with E-state index in [9.17, 15) is 13.2 Å². The molecule has 1 aromatic carbocycles. The third kappa shape index (κ3) is 2.70. The number of nitrogens with two attached hydrogens (primary N) is 1. The van der Waals surface area contributed by atoms with Gasteiger partial charge in [-0.1, -0.05) is 6.07 Å². The zero-order valence-corrected chi connectivity index (χ0v) is 12.3. The second-order valence-corrected chi connectivity index (χ2v) is 6.79. The van der Waals surface area contributed by atoms with E-state index >= 15 is 0 Å². The molecule has 0 saturated carbocycles. The molecule has 20 heavy (non-hydrogen) atoms. The van der Waals surface area contributed by atoms with Gasteiger partial charge in [-0.3, -0.25) is 0 Å². The summed E-state index contributed by atoms with van der Waals surface area (Å²) in [5.74, 6) is -0.556. The minimum absolute atomic E-state index is 0.131. The van der Waals surface area contributed by atoms with Crippen LogP contribution in [-0.2, 0) is 14.8 Å². The van der Waals surface area contributed by atoms with Crippen molar-refractivity contribution in [3.8, 4) is 0 Å². The first-order valence-corrected chi connectivity index (χ1v) is 7.75. The van der Waals surface area contributed by atoms with E-state index in [4.69, 9.17) is 5.73 Å². The van der Waals surface area contributed by atoms with Gasteiger partial charge in [0.2, 0.25) is 10.0 Å². The molecule has 1 aromatic rings. The van der Waals surface area contributed by atoms with Crippen molar-refractivity contribution in [2.45, 2.75) is 24.3 Å². The molecule has 1 saturated heterocycles. The Morgan fingerprint density at radius 3 is 2.70 bits per heavy atom. The topological polar surface area (TPSA) is 89.7 Å². The number of ether oxygens (including phenoxy) is 1. The molecule has 0 aliphatic carbocycles. The van der Waals surface area contributed by atoms with Gasteiger partial charge < -0.3 is 10.5 Å². The molecular weight excluding hydrogens is 280 g/mol. The minimum atomic E-state index is -3.62. The highest BCUT2D eigenvalue weighted by Gasteiger charge is 2.32. The van der Waals surface area contributed by atoms with E-state index in [2.05, 4.69) is 4.74 Å². The number of carbonyl (C=O) groups excluding carboxylic acids is 1. The van der Waals surface area contributed by atoms with Crippen LogP contribution >= 0.6 is 0 Å². The lowest BCUT2D eigenvalue weighted by Crippen LogP contribution is -2.32. The van der Waals surface area contributed by atoms with Gasteiger partial charge in [0.1, 0.15) is 0 Å². The van der Waals surface area contributed by atoms with Crippen LogP contribution < -0.4 is 5.73 Å². The molecule has 1 atom stereocenters. The second kappa shape index (κ2) is 5.51. The van der Waals surface area contributed by atoms with Crippen molar-refractivity contribution >= 4 is 16.0 Å². The van der Waals surface area contributed by atoms with Crippen LogP contribution in [0.15, 0.2) is 23.1 Å². The average Bonchev–Trinajstić information content (AvgIpc) is 2.85. The summed E-state index contributed by atoms with van der Waals surface area (Å²) in [5, 5.41) is 0. The van der Waals surface area contributed by atoms with Crippen LogP contribution in [-0.4, -0.2) is 44.9 Å². The Bertz CT molecular complexity index is 627. The van der Waals surface area contributed by atoms with Crippen LogP contribution in [0.2, 0.25) is 0 Å². The minimum Gasteiger partial charge on any atom is -0.465 e. The monoisotopic (exact) mass is 298 g/mol. The Morgan fingerprint density at radius 1 is 1.45 bits per heavy atom. The molecule has 7 heteroatoms. The number of rotatable bonds is 3. The summed E-state index contributed by atoms with van der Waals surface area (Å²) in [5.41, 5.74) is 6.58. The molecule has 1 unspecified atom stereocenters. The molecule has 1 heterocycles. The predicted molar refractivity (Wildman–Crippen MR) is 73.9 cm³/mol. The standard InChI is InChI=1S/C13H18N2O4S/c1-9-3-4-10(13(16)19-2)7-12(9)20(17,18)15-6-5-11(14)8-15/h3-4,7,11H,5-6,8,14H2,1-2H3. The number of benzene rings is 1. The molecule has 1 aliphatic heterocycles. The van der Waals surface area contributed by atoms with Crippen molar-refractivity contribution in [1.82, 2.24) is 4.31 Å². The van der Waals surface area contributed by atoms with E-state index in [1.807, 2.05) is 0 Å². The van der Waals surface area contributed by atoms with Crippen LogP contribution in [0.3, 0.4) is 0 Å². The molecule has 2 rings (SSSR count). The smallest absolute Gasteiger partial charge is 0.337 e. The van der Waals surface area contributed by atoms with E-state index in [0.29, 0.717) is 25.1 Å². The number of methoxy groups -OCH3 is 1. The van der Waals surface area contributed by atoms with Gasteiger partial charge in [0.05, 0.1) is 17.6 Å². The largest absolute Gasteiger partial charge is 0.465 e. The lowest BCUT2D eigenvalue weighted by atomic mass is 10.1. The quantitative estimate of drug-likeness (QED) is 0.821. The summed E-state index contributed by atoms with van der Waals surface area (Å²) in [7, 11) is -2.36. The molecule has 6 nitrogen and oxygen atoms in total. The maximum Gasteiger partial charge on any atom is 0.337 e. The normalized spacial score (nSPS) is 20.1. The van der Waals surface area contributed by atoms with E-state index in [1.54, 1.807) is 19.1 Å². The van der Waals surface area contributed by atoms with E-state index < -0.39 is 16.0 Å². The first-order valence-electron chi connectivity index (χ1n) is 6.31. The van der Waals surface area contributed by atoms with Gasteiger partial charge in [0.25, 0.3) is 0 Å². The van der Waals surface area contributed by atoms with Gasteiger partial charge in [0.15, 0.2) is 0 Å². The van der Waals surface area contributed by atoms with Crippen molar-refractivity contribution in [3.63, 3.8) is 0 Å². The molecule has 0 aromatic heterocycles. The molecular formula is C13H18N2O4S. The van der Waals surface area contributed by atoms with Crippen molar-refractivity contribution in [3.05, 3.63) is 29.3 Å². The third-order valence-corrected chi connectivity index (χ3v) is 5.42. The molecule has 1 aliphatic rings. The third-order valence-electron chi connectivity index (χ3n) is 3.41. The Kier molecular flexibility index (Phi) is 4.12. The fourth-order valence-electron chi connectivity index (χ4n) is 2.23. The summed E-state index contributed by atoms with van der Waals surface area (Å²) in [6.07, 6.45) is 0.648. The maximum atomic E-state index is 12.6. The molecule has 0 radical (unpaired) electrons. The molecule has 0 spiro atoms. The van der Waals surface area contributed by atoms with Gasteiger partial charge >= 0.3 is 5.97 Å². The summed E-state index contributed by atoms with van der Waals surface area (Å²) in [4.78, 5) is 11.7. The number of hydrogen-bond donors (Lipinski definition) is 1. The van der Waals surface area contributed by atoms with Crippen molar-refractivity contribution in [1.29, 1.82) is 0 Å². The number of carbonyl (C=O) groups is 1.